The number of aromatic amines is 2. The van der Waals surface area contributed by atoms with E-state index >= 15 is 0 Å². The van der Waals surface area contributed by atoms with Crippen LogP contribution in [0.4, 0.5) is 22.0 Å². The molecule has 0 unspecified atom stereocenters. The van der Waals surface area contributed by atoms with Gasteiger partial charge in [-0.25, -0.2) is 33.5 Å². The summed E-state index contributed by atoms with van der Waals surface area (Å²) in [5, 5.41) is 0. The number of nitrogens with one attached hydrogen (secondary N) is 2. The fourth-order valence-corrected chi connectivity index (χ4v) is 6.90. The number of ether oxygens (including phenoxy) is 1. The van der Waals surface area contributed by atoms with E-state index in [-0.39, 0.29) is 0 Å². The minimum Gasteiger partial charge on any atom is -0.465 e. The zero-order chi connectivity index (χ0) is 44.4. The van der Waals surface area contributed by atoms with Crippen LogP contribution in [0.3, 0.4) is 0 Å². The highest BCUT2D eigenvalue weighted by molar-refractivity contribution is 5.92. The van der Waals surface area contributed by atoms with Crippen molar-refractivity contribution in [1.29, 1.82) is 0 Å². The van der Waals surface area contributed by atoms with E-state index in [4.69, 9.17) is 9.72 Å². The third-order valence-corrected chi connectivity index (χ3v) is 10.0. The number of benzene rings is 2. The number of carbonyl (C=O) groups is 1. The minimum atomic E-state index is -4.42. The van der Waals surface area contributed by atoms with Gasteiger partial charge in [0.25, 0.3) is 0 Å². The molecule has 314 valence electrons. The number of methoxy groups -OCH3 is 1. The average molecular weight is 861 g/mol. The van der Waals surface area contributed by atoms with Gasteiger partial charge < -0.3 is 14.7 Å². The maximum Gasteiger partial charge on any atom is 0.416 e. The van der Waals surface area contributed by atoms with Crippen molar-refractivity contribution in [2.45, 2.75) is 6.18 Å². The van der Waals surface area contributed by atoms with E-state index in [9.17, 15) is 26.7 Å². The third kappa shape index (κ3) is 8.24. The zero-order valence-corrected chi connectivity index (χ0v) is 33.1. The van der Waals surface area contributed by atoms with Crippen LogP contribution in [0.2, 0.25) is 0 Å². The first-order chi connectivity index (χ1) is 31.0. The van der Waals surface area contributed by atoms with Crippen LogP contribution in [-0.4, -0.2) is 62.9 Å². The Morgan fingerprint density at radius 2 is 0.984 bits per heavy atom. The van der Waals surface area contributed by atoms with E-state index in [1.165, 1.54) is 37.8 Å². The summed E-state index contributed by atoms with van der Waals surface area (Å²) in [6.45, 7) is 0. The van der Waals surface area contributed by atoms with Gasteiger partial charge in [0.05, 0.1) is 53.1 Å². The normalized spacial score (nSPS) is 11.3. The summed E-state index contributed by atoms with van der Waals surface area (Å²) < 4.78 is 72.5. The first-order valence-corrected chi connectivity index (χ1v) is 19.2. The van der Waals surface area contributed by atoms with Crippen molar-refractivity contribution >= 4 is 28.3 Å². The van der Waals surface area contributed by atoms with Crippen LogP contribution in [0.25, 0.3) is 89.9 Å². The summed E-state index contributed by atoms with van der Waals surface area (Å²) in [5.41, 5.74) is 7.17. The Bertz CT molecular complexity index is 3290. The van der Waals surface area contributed by atoms with Gasteiger partial charge in [-0.2, -0.15) is 13.2 Å². The number of aromatic nitrogens is 10. The van der Waals surface area contributed by atoms with Crippen LogP contribution in [0, 0.1) is 11.6 Å². The molecular formula is C47H29F5N10O2. The van der Waals surface area contributed by atoms with E-state index in [1.54, 1.807) is 85.5 Å². The van der Waals surface area contributed by atoms with Crippen molar-refractivity contribution < 1.29 is 31.5 Å². The number of pyridine rings is 6. The van der Waals surface area contributed by atoms with E-state index in [1.807, 2.05) is 12.1 Å². The molecule has 0 aliphatic heterocycles. The van der Waals surface area contributed by atoms with Gasteiger partial charge >= 0.3 is 12.1 Å². The Morgan fingerprint density at radius 3 is 1.39 bits per heavy atom. The molecule has 0 fully saturated rings. The maximum absolute atomic E-state index is 14.6. The van der Waals surface area contributed by atoms with Crippen molar-refractivity contribution in [3.05, 3.63) is 169 Å². The predicted octanol–water partition coefficient (Wildman–Crippen LogP) is 10.6. The molecule has 17 heteroatoms. The van der Waals surface area contributed by atoms with E-state index in [0.29, 0.717) is 84.3 Å². The number of halogens is 5. The molecule has 10 aromatic rings. The SMILES string of the molecule is COC(=O)c1ccc(-c2nc3nc(-c4cccnc4)c(-c4ccncc4F)cc3[nH]2)cc1.Fc1cnccc1-c1cc2[nH]c(-c3ccc(C(F)(F)F)cc3)nc2nc1-c1cccnc1. The Morgan fingerprint density at radius 1 is 0.531 bits per heavy atom. The molecule has 0 amide bonds. The van der Waals surface area contributed by atoms with Gasteiger partial charge in [-0.1, -0.05) is 24.3 Å². The molecule has 0 spiro atoms. The number of carbonyl (C=O) groups excluding carboxylic acids is 1. The topological polar surface area (TPSA) is 161 Å². The summed E-state index contributed by atoms with van der Waals surface area (Å²) in [6.07, 6.45) is 7.46. The van der Waals surface area contributed by atoms with Crippen LogP contribution in [0.1, 0.15) is 15.9 Å². The van der Waals surface area contributed by atoms with E-state index in [2.05, 4.69) is 44.9 Å². The average Bonchev–Trinajstić information content (AvgIpc) is 3.95. The Kier molecular flexibility index (Phi) is 10.9. The highest BCUT2D eigenvalue weighted by Crippen LogP contribution is 2.37. The van der Waals surface area contributed by atoms with Crippen LogP contribution in [-0.2, 0) is 10.9 Å². The Balaban J connectivity index is 0.000000162. The summed E-state index contributed by atoms with van der Waals surface area (Å²) in [5.74, 6) is -0.440. The van der Waals surface area contributed by atoms with Gasteiger partial charge in [0.15, 0.2) is 11.3 Å². The Labute approximate surface area is 359 Å². The minimum absolute atomic E-state index is 0.305. The molecule has 12 nitrogen and oxygen atoms in total. The molecule has 8 heterocycles. The second-order valence-electron chi connectivity index (χ2n) is 14.0. The summed E-state index contributed by atoms with van der Waals surface area (Å²) >= 11 is 0. The standard InChI is InChI=1S/C24H16FN5O2.C23H13F4N5/c1-32-24(31)15-6-4-14(5-7-15)22-28-20-11-18(17-8-10-27-13-19(17)25)21(29-23(20)30-22)16-3-2-9-26-12-16;24-18-12-29-9-7-16(18)17-10-19-22(31-20(17)14-2-1-8-28-11-14)32-21(30-19)13-3-5-15(6-4-13)23(25,26)27/h2-13H,1H3,(H,28,29,30);1-12H,(H,30,31,32). The van der Waals surface area contributed by atoms with Crippen molar-refractivity contribution in [3.63, 3.8) is 0 Å². The maximum atomic E-state index is 14.6. The summed E-state index contributed by atoms with van der Waals surface area (Å²) in [4.78, 5) is 52.3. The first-order valence-electron chi connectivity index (χ1n) is 19.2. The van der Waals surface area contributed by atoms with Gasteiger partial charge in [0.1, 0.15) is 23.3 Å². The lowest BCUT2D eigenvalue weighted by atomic mass is 10.0. The lowest BCUT2D eigenvalue weighted by molar-refractivity contribution is -0.137. The van der Waals surface area contributed by atoms with Gasteiger partial charge in [0, 0.05) is 81.7 Å². The summed E-state index contributed by atoms with van der Waals surface area (Å²) in [6, 6.07) is 25.4. The van der Waals surface area contributed by atoms with Crippen molar-refractivity contribution in [2.24, 2.45) is 0 Å². The lowest BCUT2D eigenvalue weighted by Crippen LogP contribution is -2.04. The number of esters is 1. The molecule has 0 bridgehead atoms. The molecule has 0 aliphatic rings. The number of hydrogen-bond donors (Lipinski definition) is 2. The van der Waals surface area contributed by atoms with Crippen LogP contribution < -0.4 is 0 Å². The molecule has 8 aromatic heterocycles. The molecular weight excluding hydrogens is 832 g/mol. The van der Waals surface area contributed by atoms with Gasteiger partial charge in [-0.15, -0.1) is 0 Å². The number of rotatable bonds is 7. The number of alkyl halides is 3. The fraction of sp³-hybridized carbons (Fsp3) is 0.0426. The second-order valence-corrected chi connectivity index (χ2v) is 14.0. The molecule has 0 radical (unpaired) electrons. The number of H-pyrrole nitrogens is 2. The molecule has 0 atom stereocenters. The Hall–Kier alpha value is -8.60. The van der Waals surface area contributed by atoms with Crippen molar-refractivity contribution in [1.82, 2.24) is 49.8 Å². The van der Waals surface area contributed by atoms with Crippen molar-refractivity contribution in [3.8, 4) is 67.5 Å². The first kappa shape index (κ1) is 40.8. The quantitative estimate of drug-likeness (QED) is 0.117. The number of nitrogens with zero attached hydrogens (tertiary/aromatic N) is 8. The van der Waals surface area contributed by atoms with Gasteiger partial charge in [-0.3, -0.25) is 19.9 Å². The highest BCUT2D eigenvalue weighted by Gasteiger charge is 2.30. The van der Waals surface area contributed by atoms with Crippen molar-refractivity contribution in [2.75, 3.05) is 7.11 Å². The number of imidazole rings is 2. The molecule has 2 aromatic carbocycles. The molecule has 2 N–H and O–H groups in total. The molecule has 0 saturated heterocycles. The van der Waals surface area contributed by atoms with Crippen LogP contribution in [0.5, 0.6) is 0 Å². The van der Waals surface area contributed by atoms with Gasteiger partial charge in [0.2, 0.25) is 0 Å². The molecule has 0 saturated carbocycles. The van der Waals surface area contributed by atoms with E-state index < -0.39 is 29.3 Å². The van der Waals surface area contributed by atoms with Crippen LogP contribution in [0.15, 0.2) is 147 Å². The molecule has 10 rings (SSSR count). The number of hydrogen-bond acceptors (Lipinski definition) is 10. The monoisotopic (exact) mass is 860 g/mol. The molecule has 0 aliphatic carbocycles. The smallest absolute Gasteiger partial charge is 0.416 e. The highest BCUT2D eigenvalue weighted by atomic mass is 19.4. The molecule has 64 heavy (non-hydrogen) atoms. The van der Waals surface area contributed by atoms with Gasteiger partial charge in [-0.05, 0) is 72.8 Å². The lowest BCUT2D eigenvalue weighted by Gasteiger charge is -2.09. The summed E-state index contributed by atoms with van der Waals surface area (Å²) in [7, 11) is 1.34. The predicted molar refractivity (Wildman–Crippen MR) is 228 cm³/mol. The number of fused-ring (bicyclic) bond motifs is 2. The second kappa shape index (κ2) is 17.0. The van der Waals surface area contributed by atoms with Crippen LogP contribution >= 0.6 is 0 Å². The largest absolute Gasteiger partial charge is 0.465 e. The third-order valence-electron chi connectivity index (χ3n) is 10.0. The zero-order valence-electron chi connectivity index (χ0n) is 33.1. The fourth-order valence-electron chi connectivity index (χ4n) is 6.90. The van der Waals surface area contributed by atoms with E-state index in [0.717, 1.165) is 29.5 Å².